The molecular formula is C16H26ClN5OS. The molecule has 8 heteroatoms. The Kier molecular flexibility index (Phi) is 6.71. The molecule has 0 radical (unpaired) electrons. The molecule has 1 fully saturated rings. The lowest BCUT2D eigenvalue weighted by Gasteiger charge is -2.34. The number of carbonyl (C=O) groups is 1. The van der Waals surface area contributed by atoms with Gasteiger partial charge in [-0.15, -0.1) is 0 Å². The van der Waals surface area contributed by atoms with Crippen LogP contribution in [0.4, 0.5) is 5.82 Å². The molecule has 1 aliphatic heterocycles. The highest BCUT2D eigenvalue weighted by atomic mass is 35.5. The quantitative estimate of drug-likeness (QED) is 0.486. The number of anilines is 1. The van der Waals surface area contributed by atoms with E-state index in [0.29, 0.717) is 10.3 Å². The van der Waals surface area contributed by atoms with Crippen LogP contribution >= 0.6 is 23.4 Å². The van der Waals surface area contributed by atoms with E-state index in [9.17, 15) is 4.79 Å². The number of likely N-dealkylation sites (N-methyl/N-ethyl adjacent to an activating group) is 1. The van der Waals surface area contributed by atoms with Crippen molar-refractivity contribution in [2.75, 3.05) is 43.4 Å². The number of halogens is 1. The van der Waals surface area contributed by atoms with Crippen molar-refractivity contribution in [2.45, 2.75) is 38.4 Å². The van der Waals surface area contributed by atoms with E-state index in [1.165, 1.54) is 11.8 Å². The van der Waals surface area contributed by atoms with Crippen LogP contribution in [0.2, 0.25) is 5.15 Å². The van der Waals surface area contributed by atoms with Crippen molar-refractivity contribution >= 4 is 35.1 Å². The lowest BCUT2D eigenvalue weighted by atomic mass is 10.1. The van der Waals surface area contributed by atoms with Gasteiger partial charge in [-0.05, 0) is 27.3 Å². The van der Waals surface area contributed by atoms with Gasteiger partial charge in [-0.1, -0.05) is 30.3 Å². The Morgan fingerprint density at radius 1 is 1.29 bits per heavy atom. The molecule has 2 rings (SSSR count). The van der Waals surface area contributed by atoms with E-state index in [1.807, 2.05) is 20.8 Å². The minimum atomic E-state index is -0.239. The van der Waals surface area contributed by atoms with Crippen molar-refractivity contribution < 1.29 is 4.79 Å². The number of thioether (sulfide) groups is 1. The van der Waals surface area contributed by atoms with E-state index in [1.54, 1.807) is 6.07 Å². The Labute approximate surface area is 153 Å². The van der Waals surface area contributed by atoms with Gasteiger partial charge in [-0.3, -0.25) is 4.79 Å². The molecule has 1 saturated heterocycles. The first-order chi connectivity index (χ1) is 11.3. The Bertz CT molecular complexity index is 570. The molecule has 0 aromatic carbocycles. The van der Waals surface area contributed by atoms with E-state index < -0.39 is 0 Å². The molecule has 0 spiro atoms. The predicted octanol–water partition coefficient (Wildman–Crippen LogP) is 2.28. The zero-order valence-corrected chi connectivity index (χ0v) is 16.4. The summed E-state index contributed by atoms with van der Waals surface area (Å²) in [6.07, 6.45) is 0. The largest absolute Gasteiger partial charge is 0.354 e. The molecule has 6 nitrogen and oxygen atoms in total. The van der Waals surface area contributed by atoms with Crippen LogP contribution in [0.15, 0.2) is 11.2 Å². The molecule has 0 bridgehead atoms. The molecule has 24 heavy (non-hydrogen) atoms. The van der Waals surface area contributed by atoms with E-state index in [-0.39, 0.29) is 17.2 Å². The second-order valence-electron chi connectivity index (χ2n) is 6.84. The summed E-state index contributed by atoms with van der Waals surface area (Å²) in [5, 5.41) is 3.88. The van der Waals surface area contributed by atoms with E-state index in [4.69, 9.17) is 11.6 Å². The number of nitrogens with zero attached hydrogens (tertiary/aromatic N) is 4. The molecule has 0 aliphatic carbocycles. The van der Waals surface area contributed by atoms with Crippen molar-refractivity contribution in [1.29, 1.82) is 0 Å². The second-order valence-corrected chi connectivity index (χ2v) is 8.17. The average molecular weight is 372 g/mol. The topological polar surface area (TPSA) is 61.4 Å². The number of rotatable bonds is 5. The van der Waals surface area contributed by atoms with Crippen LogP contribution in [-0.4, -0.2) is 64.8 Å². The van der Waals surface area contributed by atoms with Gasteiger partial charge in [-0.25, -0.2) is 9.97 Å². The molecular weight excluding hydrogens is 346 g/mol. The first kappa shape index (κ1) is 19.3. The van der Waals surface area contributed by atoms with Crippen LogP contribution in [0, 0.1) is 0 Å². The Hall–Kier alpha value is -1.05. The molecule has 1 aromatic heterocycles. The van der Waals surface area contributed by atoms with Crippen LogP contribution < -0.4 is 10.2 Å². The maximum atomic E-state index is 11.9. The summed E-state index contributed by atoms with van der Waals surface area (Å²) in [7, 11) is 0. The van der Waals surface area contributed by atoms with Gasteiger partial charge in [0.2, 0.25) is 5.91 Å². The summed E-state index contributed by atoms with van der Waals surface area (Å²) in [5.74, 6) is 1.08. The van der Waals surface area contributed by atoms with E-state index >= 15 is 0 Å². The van der Waals surface area contributed by atoms with Crippen LogP contribution in [0.1, 0.15) is 27.7 Å². The van der Waals surface area contributed by atoms with Gasteiger partial charge in [0.15, 0.2) is 5.16 Å². The third-order valence-corrected chi connectivity index (χ3v) is 4.69. The third kappa shape index (κ3) is 6.11. The van der Waals surface area contributed by atoms with Crippen LogP contribution in [0.25, 0.3) is 0 Å². The predicted molar refractivity (Wildman–Crippen MR) is 100.0 cm³/mol. The Balaban J connectivity index is 1.97. The van der Waals surface area contributed by atoms with Crippen LogP contribution in [0.5, 0.6) is 0 Å². The summed E-state index contributed by atoms with van der Waals surface area (Å²) in [5.41, 5.74) is -0.239. The smallest absolute Gasteiger partial charge is 0.230 e. The zero-order valence-electron chi connectivity index (χ0n) is 14.8. The summed E-state index contributed by atoms with van der Waals surface area (Å²) in [6.45, 7) is 13.0. The molecule has 0 atom stereocenters. The molecule has 2 heterocycles. The second kappa shape index (κ2) is 8.36. The molecule has 1 aromatic rings. The van der Waals surface area contributed by atoms with Crippen LogP contribution in [0.3, 0.4) is 0 Å². The van der Waals surface area contributed by atoms with Gasteiger partial charge < -0.3 is 15.1 Å². The maximum Gasteiger partial charge on any atom is 0.230 e. The standard InChI is InChI=1S/C16H26ClN5OS/c1-5-21-6-8-22(9-7-21)13-10-12(17)18-15(19-13)24-11-14(23)20-16(2,3)4/h10H,5-9,11H2,1-4H3,(H,20,23). The number of nitrogens with one attached hydrogen (secondary N) is 1. The molecule has 1 aliphatic rings. The first-order valence-electron chi connectivity index (χ1n) is 8.22. The maximum absolute atomic E-state index is 11.9. The molecule has 0 unspecified atom stereocenters. The first-order valence-corrected chi connectivity index (χ1v) is 9.59. The zero-order chi connectivity index (χ0) is 17.7. The number of amides is 1. The summed E-state index contributed by atoms with van der Waals surface area (Å²) in [6, 6.07) is 1.79. The molecule has 1 N–H and O–H groups in total. The van der Waals surface area contributed by atoms with Gasteiger partial charge in [0, 0.05) is 37.8 Å². The molecule has 134 valence electrons. The van der Waals surface area contributed by atoms with Gasteiger partial charge in [0.05, 0.1) is 5.75 Å². The highest BCUT2D eigenvalue weighted by Crippen LogP contribution is 2.22. The van der Waals surface area contributed by atoms with Crippen molar-refractivity contribution in [3.05, 3.63) is 11.2 Å². The Morgan fingerprint density at radius 2 is 1.96 bits per heavy atom. The van der Waals surface area contributed by atoms with Crippen molar-refractivity contribution in [3.8, 4) is 0 Å². The lowest BCUT2D eigenvalue weighted by molar-refractivity contribution is -0.119. The fraction of sp³-hybridized carbons (Fsp3) is 0.688. The average Bonchev–Trinajstić information content (AvgIpc) is 2.51. The minimum absolute atomic E-state index is 0.0332. The summed E-state index contributed by atoms with van der Waals surface area (Å²) >= 11 is 7.46. The van der Waals surface area contributed by atoms with Crippen molar-refractivity contribution in [1.82, 2.24) is 20.2 Å². The van der Waals surface area contributed by atoms with E-state index in [2.05, 4.69) is 32.0 Å². The number of hydrogen-bond acceptors (Lipinski definition) is 6. The number of hydrogen-bond donors (Lipinski definition) is 1. The third-order valence-electron chi connectivity index (χ3n) is 3.65. The fourth-order valence-corrected chi connectivity index (χ4v) is 3.37. The molecule has 1 amide bonds. The van der Waals surface area contributed by atoms with Crippen molar-refractivity contribution in [3.63, 3.8) is 0 Å². The number of piperazine rings is 1. The van der Waals surface area contributed by atoms with Crippen LogP contribution in [-0.2, 0) is 4.79 Å². The normalized spacial score (nSPS) is 16.3. The fourth-order valence-electron chi connectivity index (χ4n) is 2.49. The summed E-state index contributed by atoms with van der Waals surface area (Å²) < 4.78 is 0. The SMILES string of the molecule is CCN1CCN(c2cc(Cl)nc(SCC(=O)NC(C)(C)C)n2)CC1. The van der Waals surface area contributed by atoms with E-state index in [0.717, 1.165) is 38.5 Å². The number of aromatic nitrogens is 2. The monoisotopic (exact) mass is 371 g/mol. The highest BCUT2D eigenvalue weighted by Gasteiger charge is 2.19. The highest BCUT2D eigenvalue weighted by molar-refractivity contribution is 7.99. The summed E-state index contributed by atoms with van der Waals surface area (Å²) in [4.78, 5) is 25.4. The van der Waals surface area contributed by atoms with Crippen molar-refractivity contribution in [2.24, 2.45) is 0 Å². The minimum Gasteiger partial charge on any atom is -0.354 e. The Morgan fingerprint density at radius 3 is 2.54 bits per heavy atom. The van der Waals surface area contributed by atoms with Gasteiger partial charge in [0.1, 0.15) is 11.0 Å². The van der Waals surface area contributed by atoms with Gasteiger partial charge >= 0.3 is 0 Å². The number of carbonyl (C=O) groups excluding carboxylic acids is 1. The van der Waals surface area contributed by atoms with Gasteiger partial charge in [-0.2, -0.15) is 0 Å². The van der Waals surface area contributed by atoms with Gasteiger partial charge in [0.25, 0.3) is 0 Å². The molecule has 0 saturated carbocycles. The lowest BCUT2D eigenvalue weighted by Crippen LogP contribution is -2.46.